The maximum Gasteiger partial charge on any atom is 0.273 e. The fraction of sp³-hybridized carbons (Fsp3) is 0.375. The van der Waals surface area contributed by atoms with Crippen LogP contribution in [0.3, 0.4) is 0 Å². The van der Waals surface area contributed by atoms with E-state index in [4.69, 9.17) is 4.42 Å². The maximum absolute atomic E-state index is 12.0. The molecule has 0 saturated heterocycles. The minimum absolute atomic E-state index is 0.168. The normalized spacial score (nSPS) is 10.6. The lowest BCUT2D eigenvalue weighted by Gasteiger charge is -2.00. The molecule has 20 heavy (non-hydrogen) atoms. The molecular formula is C16H20N2O2. The number of hydrogen-bond acceptors (Lipinski definition) is 3. The molecule has 1 aromatic heterocycles. The molecule has 0 atom stereocenters. The van der Waals surface area contributed by atoms with E-state index < -0.39 is 0 Å². The SMILES string of the molecule is CCCCNC(=O)c1nc(-c2ccc(C)cc2)oc1C. The molecule has 0 fully saturated rings. The zero-order valence-corrected chi connectivity index (χ0v) is 12.2. The Kier molecular flexibility index (Phi) is 4.56. The summed E-state index contributed by atoms with van der Waals surface area (Å²) in [5.41, 5.74) is 2.43. The van der Waals surface area contributed by atoms with E-state index in [9.17, 15) is 4.79 Å². The number of carbonyl (C=O) groups excluding carboxylic acids is 1. The van der Waals surface area contributed by atoms with Crippen molar-refractivity contribution in [2.24, 2.45) is 0 Å². The van der Waals surface area contributed by atoms with E-state index in [1.807, 2.05) is 31.2 Å². The van der Waals surface area contributed by atoms with Crippen LogP contribution in [0, 0.1) is 13.8 Å². The molecule has 0 saturated carbocycles. The first-order valence-corrected chi connectivity index (χ1v) is 6.94. The Hall–Kier alpha value is -2.10. The monoisotopic (exact) mass is 272 g/mol. The third kappa shape index (κ3) is 3.26. The van der Waals surface area contributed by atoms with Crippen LogP contribution in [0.1, 0.15) is 41.6 Å². The van der Waals surface area contributed by atoms with Gasteiger partial charge in [-0.3, -0.25) is 4.79 Å². The number of nitrogens with one attached hydrogen (secondary N) is 1. The van der Waals surface area contributed by atoms with Gasteiger partial charge in [-0.05, 0) is 32.4 Å². The van der Waals surface area contributed by atoms with Gasteiger partial charge in [-0.2, -0.15) is 0 Å². The minimum Gasteiger partial charge on any atom is -0.441 e. The van der Waals surface area contributed by atoms with Crippen LogP contribution >= 0.6 is 0 Å². The van der Waals surface area contributed by atoms with E-state index in [1.165, 1.54) is 5.56 Å². The van der Waals surface area contributed by atoms with Crippen LogP contribution < -0.4 is 5.32 Å². The van der Waals surface area contributed by atoms with Gasteiger partial charge in [0.15, 0.2) is 5.69 Å². The number of benzene rings is 1. The van der Waals surface area contributed by atoms with Crippen molar-refractivity contribution in [2.75, 3.05) is 6.54 Å². The van der Waals surface area contributed by atoms with Crippen LogP contribution in [-0.2, 0) is 0 Å². The first-order valence-electron chi connectivity index (χ1n) is 6.94. The van der Waals surface area contributed by atoms with Gasteiger partial charge < -0.3 is 9.73 Å². The van der Waals surface area contributed by atoms with Crippen LogP contribution in [-0.4, -0.2) is 17.4 Å². The van der Waals surface area contributed by atoms with Gasteiger partial charge >= 0.3 is 0 Å². The number of rotatable bonds is 5. The van der Waals surface area contributed by atoms with Crippen LogP contribution in [0.2, 0.25) is 0 Å². The van der Waals surface area contributed by atoms with Gasteiger partial charge in [0.25, 0.3) is 5.91 Å². The number of amides is 1. The minimum atomic E-state index is -0.168. The van der Waals surface area contributed by atoms with Crippen LogP contribution in [0.5, 0.6) is 0 Å². The quantitative estimate of drug-likeness (QED) is 0.848. The molecule has 2 rings (SSSR count). The number of unbranched alkanes of at least 4 members (excludes halogenated alkanes) is 1. The van der Waals surface area contributed by atoms with Gasteiger partial charge in [-0.15, -0.1) is 0 Å². The molecule has 1 heterocycles. The van der Waals surface area contributed by atoms with Crippen molar-refractivity contribution in [1.29, 1.82) is 0 Å². The second-order valence-corrected chi connectivity index (χ2v) is 4.90. The fourth-order valence-corrected chi connectivity index (χ4v) is 1.89. The van der Waals surface area contributed by atoms with Gasteiger partial charge in [0.1, 0.15) is 5.76 Å². The molecule has 0 aliphatic heterocycles. The third-order valence-corrected chi connectivity index (χ3v) is 3.13. The Bertz CT molecular complexity index is 585. The molecular weight excluding hydrogens is 252 g/mol. The summed E-state index contributed by atoms with van der Waals surface area (Å²) in [6, 6.07) is 7.88. The van der Waals surface area contributed by atoms with Gasteiger partial charge in [-0.25, -0.2) is 4.98 Å². The van der Waals surface area contributed by atoms with Gasteiger partial charge in [0.05, 0.1) is 0 Å². The largest absolute Gasteiger partial charge is 0.441 e. The maximum atomic E-state index is 12.0. The molecule has 0 spiro atoms. The van der Waals surface area contributed by atoms with E-state index in [0.29, 0.717) is 23.9 Å². The summed E-state index contributed by atoms with van der Waals surface area (Å²) in [5.74, 6) is 0.871. The molecule has 106 valence electrons. The number of aryl methyl sites for hydroxylation is 2. The summed E-state index contributed by atoms with van der Waals surface area (Å²) in [7, 11) is 0. The fourth-order valence-electron chi connectivity index (χ4n) is 1.89. The second-order valence-electron chi connectivity index (χ2n) is 4.90. The molecule has 0 aliphatic rings. The van der Waals surface area contributed by atoms with Crippen molar-refractivity contribution in [3.8, 4) is 11.5 Å². The smallest absolute Gasteiger partial charge is 0.273 e. The molecule has 2 aromatic rings. The molecule has 0 bridgehead atoms. The highest BCUT2D eigenvalue weighted by molar-refractivity contribution is 5.93. The van der Waals surface area contributed by atoms with E-state index in [0.717, 1.165) is 18.4 Å². The van der Waals surface area contributed by atoms with Crippen molar-refractivity contribution in [3.63, 3.8) is 0 Å². The highest BCUT2D eigenvalue weighted by atomic mass is 16.4. The molecule has 0 aliphatic carbocycles. The molecule has 1 aromatic carbocycles. The van der Waals surface area contributed by atoms with Gasteiger partial charge in [0.2, 0.25) is 5.89 Å². The van der Waals surface area contributed by atoms with Crippen molar-refractivity contribution in [1.82, 2.24) is 10.3 Å². The summed E-state index contributed by atoms with van der Waals surface area (Å²) in [6.45, 7) is 6.54. The predicted molar refractivity (Wildman–Crippen MR) is 78.7 cm³/mol. The third-order valence-electron chi connectivity index (χ3n) is 3.13. The predicted octanol–water partition coefficient (Wildman–Crippen LogP) is 3.49. The molecule has 1 N–H and O–H groups in total. The Morgan fingerprint density at radius 2 is 1.95 bits per heavy atom. The zero-order valence-electron chi connectivity index (χ0n) is 12.2. The Morgan fingerprint density at radius 1 is 1.25 bits per heavy atom. The zero-order chi connectivity index (χ0) is 14.5. The van der Waals surface area contributed by atoms with Crippen LogP contribution in [0.15, 0.2) is 28.7 Å². The number of oxazole rings is 1. The Morgan fingerprint density at radius 3 is 2.60 bits per heavy atom. The summed E-state index contributed by atoms with van der Waals surface area (Å²) in [5, 5.41) is 2.85. The van der Waals surface area contributed by atoms with Crippen LogP contribution in [0.25, 0.3) is 11.5 Å². The number of carbonyl (C=O) groups is 1. The Labute approximate surface area is 119 Å². The van der Waals surface area contributed by atoms with E-state index >= 15 is 0 Å². The molecule has 4 nitrogen and oxygen atoms in total. The van der Waals surface area contributed by atoms with E-state index in [1.54, 1.807) is 6.92 Å². The van der Waals surface area contributed by atoms with Crippen LogP contribution in [0.4, 0.5) is 0 Å². The average Bonchev–Trinajstić information content (AvgIpc) is 2.82. The summed E-state index contributed by atoms with van der Waals surface area (Å²) in [4.78, 5) is 16.3. The number of hydrogen-bond donors (Lipinski definition) is 1. The lowest BCUT2D eigenvalue weighted by Crippen LogP contribution is -2.25. The molecule has 1 amide bonds. The first kappa shape index (κ1) is 14.3. The molecule has 4 heteroatoms. The number of nitrogens with zero attached hydrogens (tertiary/aromatic N) is 1. The highest BCUT2D eigenvalue weighted by Crippen LogP contribution is 2.22. The van der Waals surface area contributed by atoms with Gasteiger partial charge in [0, 0.05) is 12.1 Å². The summed E-state index contributed by atoms with van der Waals surface area (Å²) >= 11 is 0. The number of aromatic nitrogens is 1. The van der Waals surface area contributed by atoms with Gasteiger partial charge in [-0.1, -0.05) is 31.0 Å². The first-order chi connectivity index (χ1) is 9.61. The standard InChI is InChI=1S/C16H20N2O2/c1-4-5-10-17-15(19)14-12(3)20-16(18-14)13-8-6-11(2)7-9-13/h6-9H,4-5,10H2,1-3H3,(H,17,19). The topological polar surface area (TPSA) is 55.1 Å². The highest BCUT2D eigenvalue weighted by Gasteiger charge is 2.17. The van der Waals surface area contributed by atoms with Crippen molar-refractivity contribution in [3.05, 3.63) is 41.3 Å². The second kappa shape index (κ2) is 6.37. The molecule has 0 radical (unpaired) electrons. The van der Waals surface area contributed by atoms with Crippen molar-refractivity contribution >= 4 is 5.91 Å². The lowest BCUT2D eigenvalue weighted by molar-refractivity contribution is 0.0947. The summed E-state index contributed by atoms with van der Waals surface area (Å²) < 4.78 is 5.60. The van der Waals surface area contributed by atoms with Crippen molar-refractivity contribution in [2.45, 2.75) is 33.6 Å². The van der Waals surface area contributed by atoms with E-state index in [2.05, 4.69) is 17.2 Å². The van der Waals surface area contributed by atoms with Crippen molar-refractivity contribution < 1.29 is 9.21 Å². The average molecular weight is 272 g/mol. The Balaban J connectivity index is 2.16. The summed E-state index contributed by atoms with van der Waals surface area (Å²) in [6.07, 6.45) is 2.01. The lowest BCUT2D eigenvalue weighted by atomic mass is 10.1. The molecule has 0 unspecified atom stereocenters. The van der Waals surface area contributed by atoms with E-state index in [-0.39, 0.29) is 5.91 Å².